The fourth-order valence-corrected chi connectivity index (χ4v) is 5.97. The smallest absolute Gasteiger partial charge is 0.264 e. The molecule has 3 N–H and O–H groups in total. The molecule has 1 aliphatic carbocycles. The molecule has 2 aromatic carbocycles. The summed E-state index contributed by atoms with van der Waals surface area (Å²) in [6.07, 6.45) is 6.04. The predicted molar refractivity (Wildman–Crippen MR) is 144 cm³/mol. The Kier molecular flexibility index (Phi) is 7.72. The van der Waals surface area contributed by atoms with Crippen molar-refractivity contribution >= 4 is 23.4 Å². The third-order valence-corrected chi connectivity index (χ3v) is 8.28. The van der Waals surface area contributed by atoms with Gasteiger partial charge in [-0.3, -0.25) is 14.2 Å². The molecule has 0 spiro atoms. The number of nitrogens with zero attached hydrogens (tertiary/aromatic N) is 3. The number of aryl methyl sites for hydroxylation is 1. The number of anilines is 1. The van der Waals surface area contributed by atoms with Crippen LogP contribution in [0.15, 0.2) is 64.5 Å². The highest BCUT2D eigenvalue weighted by Crippen LogP contribution is 2.37. The molecule has 0 unspecified atom stereocenters. The maximum atomic E-state index is 13.8. The summed E-state index contributed by atoms with van der Waals surface area (Å²) in [7, 11) is 0. The number of aromatic nitrogens is 2. The first kappa shape index (κ1) is 24.6. The second-order valence-corrected chi connectivity index (χ2v) is 10.8. The Morgan fingerprint density at radius 1 is 1.11 bits per heavy atom. The number of carbonyl (C=O) groups excluding carboxylic acids is 1. The fourth-order valence-electron chi connectivity index (χ4n) is 4.66. The van der Waals surface area contributed by atoms with Gasteiger partial charge in [0.05, 0.1) is 35.7 Å². The van der Waals surface area contributed by atoms with Gasteiger partial charge in [-0.05, 0) is 49.9 Å². The summed E-state index contributed by atoms with van der Waals surface area (Å²) in [5.74, 6) is 0.0125. The number of fused-ring (bicyclic) bond motifs is 1. The Balaban J connectivity index is 1.28. The molecule has 0 saturated heterocycles. The summed E-state index contributed by atoms with van der Waals surface area (Å²) < 4.78 is 1.66. The molecule has 1 saturated carbocycles. The van der Waals surface area contributed by atoms with Gasteiger partial charge in [0.25, 0.3) is 5.56 Å². The van der Waals surface area contributed by atoms with Crippen LogP contribution < -0.4 is 16.6 Å². The molecule has 3 aromatic rings. The molecule has 36 heavy (non-hydrogen) atoms. The van der Waals surface area contributed by atoms with E-state index in [9.17, 15) is 9.59 Å². The predicted octanol–water partition coefficient (Wildman–Crippen LogP) is 3.57. The monoisotopic (exact) mass is 503 g/mol. The third-order valence-electron chi connectivity index (χ3n) is 6.99. The molecule has 1 amide bonds. The zero-order valence-electron chi connectivity index (χ0n) is 20.5. The first-order valence-electron chi connectivity index (χ1n) is 12.8. The molecule has 0 radical (unpaired) electrons. The number of para-hydroxylation sites is 2. The number of thioether (sulfide) groups is 1. The van der Waals surface area contributed by atoms with Crippen LogP contribution in [0.5, 0.6) is 0 Å². The van der Waals surface area contributed by atoms with Gasteiger partial charge in [0.2, 0.25) is 5.91 Å². The van der Waals surface area contributed by atoms with Gasteiger partial charge >= 0.3 is 0 Å². The van der Waals surface area contributed by atoms with Gasteiger partial charge in [-0.1, -0.05) is 60.6 Å². The van der Waals surface area contributed by atoms with Gasteiger partial charge in [0.1, 0.15) is 0 Å². The van der Waals surface area contributed by atoms with Crippen molar-refractivity contribution in [3.05, 3.63) is 81.8 Å². The van der Waals surface area contributed by atoms with E-state index in [2.05, 4.69) is 17.4 Å². The van der Waals surface area contributed by atoms with Crippen LogP contribution in [0, 0.1) is 0 Å². The molecule has 1 fully saturated rings. The summed E-state index contributed by atoms with van der Waals surface area (Å²) in [5.41, 5.74) is 10.1. The highest BCUT2D eigenvalue weighted by molar-refractivity contribution is 7.99. The van der Waals surface area contributed by atoms with Crippen molar-refractivity contribution in [2.24, 2.45) is 0 Å². The number of rotatable bonds is 9. The molecule has 188 valence electrons. The number of carbonyl (C=O) groups is 1. The Hall–Kier alpha value is -3.10. The second kappa shape index (κ2) is 11.3. The molecule has 5 rings (SSSR count). The van der Waals surface area contributed by atoms with Gasteiger partial charge in [-0.2, -0.15) is 0 Å². The number of nitrogens with one attached hydrogen (secondary N) is 1. The zero-order valence-corrected chi connectivity index (χ0v) is 21.3. The van der Waals surface area contributed by atoms with Crippen molar-refractivity contribution in [1.29, 1.82) is 0 Å². The topological polar surface area (TPSA) is 93.2 Å². The molecular weight excluding hydrogens is 470 g/mol. The Bertz CT molecular complexity index is 1270. The van der Waals surface area contributed by atoms with Crippen molar-refractivity contribution < 1.29 is 4.79 Å². The highest BCUT2D eigenvalue weighted by atomic mass is 32.2. The maximum Gasteiger partial charge on any atom is 0.264 e. The summed E-state index contributed by atoms with van der Waals surface area (Å²) >= 11 is 1.67. The van der Waals surface area contributed by atoms with Gasteiger partial charge in [0.15, 0.2) is 5.16 Å². The van der Waals surface area contributed by atoms with Crippen molar-refractivity contribution in [1.82, 2.24) is 19.8 Å². The Morgan fingerprint density at radius 2 is 1.89 bits per heavy atom. The molecule has 0 atom stereocenters. The summed E-state index contributed by atoms with van der Waals surface area (Å²) in [4.78, 5) is 33.4. The molecule has 7 nitrogen and oxygen atoms in total. The van der Waals surface area contributed by atoms with Crippen molar-refractivity contribution in [3.63, 3.8) is 0 Å². The molecular formula is C28H33N5O2S. The Labute approximate surface area is 216 Å². The molecule has 0 bridgehead atoms. The lowest BCUT2D eigenvalue weighted by Crippen LogP contribution is -2.44. The van der Waals surface area contributed by atoms with Crippen LogP contribution >= 0.6 is 11.8 Å². The van der Waals surface area contributed by atoms with Gasteiger partial charge in [0, 0.05) is 18.2 Å². The normalized spacial score (nSPS) is 15.4. The SMILES string of the molecule is Nc1ccccc1-n1c(SC2CCC2)nc2c(c1=O)CN(C(=O)CNCCCc1ccccc1)CC2. The van der Waals surface area contributed by atoms with Crippen molar-refractivity contribution in [2.75, 3.05) is 25.4 Å². The van der Waals surface area contributed by atoms with Crippen LogP contribution in [0.3, 0.4) is 0 Å². The number of hydrogen-bond donors (Lipinski definition) is 2. The van der Waals surface area contributed by atoms with Crippen LogP contribution in [0.4, 0.5) is 5.69 Å². The number of nitrogen functional groups attached to an aromatic ring is 1. The van der Waals surface area contributed by atoms with E-state index in [0.29, 0.717) is 40.3 Å². The zero-order chi connectivity index (χ0) is 24.9. The highest BCUT2D eigenvalue weighted by Gasteiger charge is 2.29. The number of hydrogen-bond acceptors (Lipinski definition) is 6. The lowest BCUT2D eigenvalue weighted by Gasteiger charge is -2.30. The molecule has 1 aliphatic heterocycles. The van der Waals surface area contributed by atoms with Gasteiger partial charge < -0.3 is 16.0 Å². The summed E-state index contributed by atoms with van der Waals surface area (Å²) in [6.45, 7) is 1.91. The lowest BCUT2D eigenvalue weighted by molar-refractivity contribution is -0.131. The minimum absolute atomic E-state index is 0.0125. The summed E-state index contributed by atoms with van der Waals surface area (Å²) in [5, 5.41) is 4.47. The van der Waals surface area contributed by atoms with Gasteiger partial charge in [-0.15, -0.1) is 0 Å². The standard InChI is InChI=1S/C28H33N5O2S/c29-23-13-4-5-14-25(23)33-27(35)22-19-32(17-15-24(22)31-28(33)36-21-11-6-12-21)26(34)18-30-16-7-10-20-8-2-1-3-9-20/h1-5,8-9,13-14,21,30H,6-7,10-12,15-19,29H2. The fraction of sp³-hybridized carbons (Fsp3) is 0.393. The largest absolute Gasteiger partial charge is 0.397 e. The van der Waals surface area contributed by atoms with E-state index in [4.69, 9.17) is 10.7 Å². The van der Waals surface area contributed by atoms with Gasteiger partial charge in [-0.25, -0.2) is 4.98 Å². The molecule has 1 aromatic heterocycles. The van der Waals surface area contributed by atoms with Crippen LogP contribution in [-0.2, 0) is 24.2 Å². The summed E-state index contributed by atoms with van der Waals surface area (Å²) in [6, 6.07) is 17.8. The van der Waals surface area contributed by atoms with E-state index < -0.39 is 0 Å². The first-order chi connectivity index (χ1) is 17.6. The maximum absolute atomic E-state index is 13.8. The molecule has 8 heteroatoms. The second-order valence-electron chi connectivity index (χ2n) is 9.52. The lowest BCUT2D eigenvalue weighted by atomic mass is 10.0. The number of nitrogens with two attached hydrogens (primary N) is 1. The third kappa shape index (κ3) is 5.50. The molecule has 2 heterocycles. The van der Waals surface area contributed by atoms with E-state index in [0.717, 1.165) is 37.9 Å². The van der Waals surface area contributed by atoms with E-state index >= 15 is 0 Å². The average Bonchev–Trinajstić information content (AvgIpc) is 2.87. The van der Waals surface area contributed by atoms with Crippen LogP contribution in [-0.4, -0.2) is 45.2 Å². The van der Waals surface area contributed by atoms with Crippen LogP contribution in [0.2, 0.25) is 0 Å². The average molecular weight is 504 g/mol. The van der Waals surface area contributed by atoms with Crippen molar-refractivity contribution in [3.8, 4) is 5.69 Å². The molecule has 2 aliphatic rings. The van der Waals surface area contributed by atoms with Crippen LogP contribution in [0.25, 0.3) is 5.69 Å². The van der Waals surface area contributed by atoms with E-state index in [1.54, 1.807) is 27.3 Å². The van der Waals surface area contributed by atoms with Crippen molar-refractivity contribution in [2.45, 2.75) is 55.5 Å². The van der Waals surface area contributed by atoms with Crippen LogP contribution in [0.1, 0.15) is 42.5 Å². The Morgan fingerprint density at radius 3 is 2.64 bits per heavy atom. The minimum atomic E-state index is -0.118. The van der Waals surface area contributed by atoms with E-state index in [1.807, 2.05) is 36.4 Å². The number of benzene rings is 2. The first-order valence-corrected chi connectivity index (χ1v) is 13.7. The van der Waals surface area contributed by atoms with E-state index in [-0.39, 0.29) is 24.6 Å². The number of amides is 1. The van der Waals surface area contributed by atoms with E-state index in [1.165, 1.54) is 12.0 Å². The quantitative estimate of drug-likeness (QED) is 0.263. The minimum Gasteiger partial charge on any atom is -0.397 e.